The van der Waals surface area contributed by atoms with Crippen LogP contribution >= 0.6 is 11.3 Å². The van der Waals surface area contributed by atoms with Gasteiger partial charge in [0.15, 0.2) is 5.65 Å². The smallest absolute Gasteiger partial charge is 0.331 e. The summed E-state index contributed by atoms with van der Waals surface area (Å²) in [5, 5.41) is 2.06. The van der Waals surface area contributed by atoms with E-state index in [1.54, 1.807) is 38.4 Å². The third-order valence-electron chi connectivity index (χ3n) is 4.06. The molecule has 0 atom stereocenters. The first-order valence-electron chi connectivity index (χ1n) is 7.17. The van der Waals surface area contributed by atoms with Gasteiger partial charge in [-0.15, -0.1) is 11.3 Å². The highest BCUT2D eigenvalue weighted by atomic mass is 32.1. The quantitative estimate of drug-likeness (QED) is 0.797. The lowest BCUT2D eigenvalue weighted by Gasteiger charge is -2.22. The summed E-state index contributed by atoms with van der Waals surface area (Å²) >= 11 is 1.62. The number of aryl methyl sites for hydroxylation is 2. The molecule has 0 saturated heterocycles. The van der Waals surface area contributed by atoms with Gasteiger partial charge in [-0.25, -0.2) is 9.78 Å². The molecule has 3 rings (SSSR count). The minimum atomic E-state index is -1.14. The van der Waals surface area contributed by atoms with Gasteiger partial charge in [0, 0.05) is 23.7 Å². The summed E-state index contributed by atoms with van der Waals surface area (Å²) in [5.41, 5.74) is 7.27. The molecule has 0 saturated carbocycles. The largest absolute Gasteiger partial charge is 0.368 e. The van der Waals surface area contributed by atoms with Gasteiger partial charge in [0.05, 0.1) is 5.52 Å². The molecule has 120 valence electrons. The summed E-state index contributed by atoms with van der Waals surface area (Å²) in [5.74, 6) is -0.565. The Morgan fingerprint density at radius 2 is 2.04 bits per heavy atom. The van der Waals surface area contributed by atoms with Gasteiger partial charge in [-0.1, -0.05) is 0 Å². The molecule has 6 nitrogen and oxygen atoms in total. The van der Waals surface area contributed by atoms with Crippen molar-refractivity contribution in [1.82, 2.24) is 14.1 Å². The van der Waals surface area contributed by atoms with Crippen LogP contribution in [0.5, 0.6) is 0 Å². The van der Waals surface area contributed by atoms with Crippen LogP contribution < -0.4 is 11.4 Å². The molecule has 3 heterocycles. The maximum atomic E-state index is 12.6. The molecule has 7 heteroatoms. The van der Waals surface area contributed by atoms with Crippen LogP contribution in [-0.4, -0.2) is 20.0 Å². The van der Waals surface area contributed by atoms with Gasteiger partial charge in [-0.05, 0) is 43.8 Å². The fourth-order valence-corrected chi connectivity index (χ4v) is 3.46. The van der Waals surface area contributed by atoms with Crippen molar-refractivity contribution in [2.24, 2.45) is 12.8 Å². The van der Waals surface area contributed by atoms with E-state index in [9.17, 15) is 9.59 Å². The number of imidazole rings is 1. The maximum absolute atomic E-state index is 12.6. The summed E-state index contributed by atoms with van der Waals surface area (Å²) in [6, 6.07) is 3.96. The number of carbonyl (C=O) groups is 1. The number of primary amides is 1. The Bertz CT molecular complexity index is 978. The molecule has 0 spiro atoms. The third-order valence-corrected chi connectivity index (χ3v) is 5.16. The van der Waals surface area contributed by atoms with Crippen molar-refractivity contribution in [3.63, 3.8) is 0 Å². The maximum Gasteiger partial charge on any atom is 0.331 e. The van der Waals surface area contributed by atoms with Crippen LogP contribution in [0.3, 0.4) is 0 Å². The zero-order chi connectivity index (χ0) is 16.9. The first kappa shape index (κ1) is 15.5. The van der Waals surface area contributed by atoms with E-state index >= 15 is 0 Å². The second-order valence-electron chi connectivity index (χ2n) is 6.16. The fourth-order valence-electron chi connectivity index (χ4n) is 2.58. The van der Waals surface area contributed by atoms with Crippen molar-refractivity contribution in [2.45, 2.75) is 26.3 Å². The molecule has 0 aliphatic carbocycles. The Hall–Kier alpha value is -2.41. The molecule has 2 N–H and O–H groups in total. The number of nitrogens with two attached hydrogens (primary N) is 1. The second-order valence-corrected chi connectivity index (χ2v) is 7.07. The van der Waals surface area contributed by atoms with Gasteiger partial charge < -0.3 is 5.73 Å². The Balaban J connectivity index is 2.34. The van der Waals surface area contributed by atoms with Crippen molar-refractivity contribution in [2.75, 3.05) is 0 Å². The predicted molar refractivity (Wildman–Crippen MR) is 91.5 cm³/mol. The predicted octanol–water partition coefficient (Wildman–Crippen LogP) is 1.99. The lowest BCUT2D eigenvalue weighted by atomic mass is 10.0. The van der Waals surface area contributed by atoms with E-state index in [0.717, 1.165) is 10.4 Å². The summed E-state index contributed by atoms with van der Waals surface area (Å²) in [4.78, 5) is 29.9. The van der Waals surface area contributed by atoms with Crippen LogP contribution in [0.15, 0.2) is 28.5 Å². The van der Waals surface area contributed by atoms with E-state index in [1.807, 2.05) is 13.0 Å². The molecule has 3 aromatic heterocycles. The first-order chi connectivity index (χ1) is 10.7. The van der Waals surface area contributed by atoms with E-state index in [4.69, 9.17) is 5.73 Å². The van der Waals surface area contributed by atoms with Gasteiger partial charge in [0.1, 0.15) is 5.54 Å². The molecule has 0 aliphatic heterocycles. The van der Waals surface area contributed by atoms with E-state index in [2.05, 4.69) is 16.4 Å². The summed E-state index contributed by atoms with van der Waals surface area (Å²) in [7, 11) is 1.64. The molecule has 3 aromatic rings. The number of thiophene rings is 1. The molecule has 23 heavy (non-hydrogen) atoms. The van der Waals surface area contributed by atoms with E-state index < -0.39 is 11.4 Å². The molecule has 0 fully saturated rings. The first-order valence-corrected chi connectivity index (χ1v) is 8.05. The summed E-state index contributed by atoms with van der Waals surface area (Å²) in [6.07, 6.45) is 1.74. The van der Waals surface area contributed by atoms with Crippen molar-refractivity contribution in [3.8, 4) is 10.4 Å². The van der Waals surface area contributed by atoms with Gasteiger partial charge in [-0.3, -0.25) is 13.9 Å². The number of rotatable bonds is 3. The fraction of sp³-hybridized carbons (Fsp3) is 0.312. The number of pyridine rings is 1. The molecule has 0 aromatic carbocycles. The Morgan fingerprint density at radius 1 is 1.35 bits per heavy atom. The molecule has 0 aliphatic rings. The number of fused-ring (bicyclic) bond motifs is 1. The summed E-state index contributed by atoms with van der Waals surface area (Å²) in [6.45, 7) is 5.30. The average Bonchev–Trinajstić information content (AvgIpc) is 3.02. The molecule has 0 bridgehead atoms. The van der Waals surface area contributed by atoms with Crippen LogP contribution in [0.4, 0.5) is 0 Å². The lowest BCUT2D eigenvalue weighted by Crippen LogP contribution is -2.46. The van der Waals surface area contributed by atoms with Gasteiger partial charge >= 0.3 is 5.69 Å². The monoisotopic (exact) mass is 330 g/mol. The zero-order valence-corrected chi connectivity index (χ0v) is 14.3. The number of hydrogen-bond acceptors (Lipinski definition) is 4. The van der Waals surface area contributed by atoms with E-state index in [0.29, 0.717) is 11.2 Å². The number of aromatic nitrogens is 3. The van der Waals surface area contributed by atoms with Crippen molar-refractivity contribution in [3.05, 3.63) is 39.8 Å². The highest BCUT2D eigenvalue weighted by Crippen LogP contribution is 2.29. The normalized spacial score (nSPS) is 12.0. The van der Waals surface area contributed by atoms with Gasteiger partial charge in [0.25, 0.3) is 0 Å². The topological polar surface area (TPSA) is 82.9 Å². The molecule has 1 amide bonds. The van der Waals surface area contributed by atoms with Crippen LogP contribution in [0.25, 0.3) is 21.6 Å². The lowest BCUT2D eigenvalue weighted by molar-refractivity contribution is -0.125. The number of hydrogen-bond donors (Lipinski definition) is 1. The van der Waals surface area contributed by atoms with Crippen LogP contribution in [0, 0.1) is 6.92 Å². The average molecular weight is 330 g/mol. The molecular formula is C16H18N4O2S. The molecule has 0 unspecified atom stereocenters. The minimum Gasteiger partial charge on any atom is -0.368 e. The standard InChI is InChI=1S/C16H18N4O2S/c1-9-5-12(23-8-9)10-6-11-13(18-7-10)19(4)15(22)20(11)16(2,3)14(17)21/h5-8H,1-4H3,(H2,17,21). The van der Waals surface area contributed by atoms with Crippen LogP contribution in [0.2, 0.25) is 0 Å². The van der Waals surface area contributed by atoms with Crippen molar-refractivity contribution < 1.29 is 4.79 Å². The molecular weight excluding hydrogens is 312 g/mol. The van der Waals surface area contributed by atoms with E-state index in [1.165, 1.54) is 14.7 Å². The second kappa shape index (κ2) is 5.06. The van der Waals surface area contributed by atoms with Gasteiger partial charge in [0.2, 0.25) is 5.91 Å². The SMILES string of the molecule is Cc1csc(-c2cnc3c(c2)n(C(C)(C)C(N)=O)c(=O)n3C)c1. The number of carbonyl (C=O) groups excluding carboxylic acids is 1. The van der Waals surface area contributed by atoms with Crippen LogP contribution in [-0.2, 0) is 17.4 Å². The van der Waals surface area contributed by atoms with E-state index in [-0.39, 0.29) is 5.69 Å². The Kier molecular flexibility index (Phi) is 3.40. The van der Waals surface area contributed by atoms with Gasteiger partial charge in [-0.2, -0.15) is 0 Å². The zero-order valence-electron chi connectivity index (χ0n) is 13.5. The van der Waals surface area contributed by atoms with Crippen molar-refractivity contribution in [1.29, 1.82) is 0 Å². The van der Waals surface area contributed by atoms with Crippen LogP contribution in [0.1, 0.15) is 19.4 Å². The molecule has 0 radical (unpaired) electrons. The Labute approximate surface area is 137 Å². The highest BCUT2D eigenvalue weighted by Gasteiger charge is 2.32. The summed E-state index contributed by atoms with van der Waals surface area (Å²) < 4.78 is 2.85. The minimum absolute atomic E-state index is 0.309. The third kappa shape index (κ3) is 2.28. The number of amides is 1. The Morgan fingerprint density at radius 3 is 2.61 bits per heavy atom. The highest BCUT2D eigenvalue weighted by molar-refractivity contribution is 7.13. The number of nitrogens with zero attached hydrogens (tertiary/aromatic N) is 3. The van der Waals surface area contributed by atoms with Crippen molar-refractivity contribution >= 4 is 28.4 Å².